The Bertz CT molecular complexity index is 1260. The lowest BCUT2D eigenvalue weighted by Gasteiger charge is -2.13. The molecule has 0 atom stereocenters. The van der Waals surface area contributed by atoms with Crippen LogP contribution in [0.1, 0.15) is 16.7 Å². The van der Waals surface area contributed by atoms with Crippen LogP contribution in [0.25, 0.3) is 18.2 Å². The normalized spacial score (nSPS) is 10.9. The highest BCUT2D eigenvalue weighted by Gasteiger charge is 2.14. The molecule has 8 nitrogen and oxygen atoms in total. The van der Waals surface area contributed by atoms with Crippen LogP contribution in [0.5, 0.6) is 34.5 Å². The van der Waals surface area contributed by atoms with Gasteiger partial charge in [-0.25, -0.2) is 0 Å². The zero-order chi connectivity index (χ0) is 26.1. The first-order chi connectivity index (χ1) is 17.4. The highest BCUT2D eigenvalue weighted by molar-refractivity contribution is 6.03. The Morgan fingerprint density at radius 1 is 0.722 bits per heavy atom. The zero-order valence-corrected chi connectivity index (χ0v) is 20.8. The lowest BCUT2D eigenvalue weighted by atomic mass is 10.1. The molecule has 0 bridgehead atoms. The van der Waals surface area contributed by atoms with Gasteiger partial charge in [-0.3, -0.25) is 4.79 Å². The van der Waals surface area contributed by atoms with E-state index in [2.05, 4.69) is 5.32 Å². The topological polar surface area (TPSA) is 95.5 Å². The van der Waals surface area contributed by atoms with E-state index in [1.807, 2.05) is 42.5 Å². The van der Waals surface area contributed by atoms with Crippen molar-refractivity contribution in [3.8, 4) is 34.5 Å². The maximum Gasteiger partial charge on any atom is 0.248 e. The van der Waals surface area contributed by atoms with E-state index in [4.69, 9.17) is 23.7 Å². The maximum atomic E-state index is 12.5. The fraction of sp³-hybridized carbons (Fsp3) is 0.179. The smallest absolute Gasteiger partial charge is 0.248 e. The van der Waals surface area contributed by atoms with E-state index in [-0.39, 0.29) is 17.2 Å². The summed E-state index contributed by atoms with van der Waals surface area (Å²) in [6.07, 6.45) is 6.68. The fourth-order valence-electron chi connectivity index (χ4n) is 3.46. The van der Waals surface area contributed by atoms with Gasteiger partial charge in [0.25, 0.3) is 0 Å². The molecule has 0 aromatic heterocycles. The number of ether oxygens (including phenoxy) is 5. The Kier molecular flexibility index (Phi) is 8.83. The van der Waals surface area contributed by atoms with Gasteiger partial charge in [0.15, 0.2) is 23.0 Å². The molecule has 0 saturated heterocycles. The SMILES string of the molecule is COc1cccc(/C=C/C(=O)Nc2cc(/C=C/c3cc(OC)c(OC)c(OC)c3)cc(OC)c2O)c1. The molecule has 0 heterocycles. The average Bonchev–Trinajstić information content (AvgIpc) is 2.91. The number of amides is 1. The van der Waals surface area contributed by atoms with E-state index in [9.17, 15) is 9.90 Å². The molecule has 0 fully saturated rings. The molecule has 1 amide bonds. The maximum absolute atomic E-state index is 12.5. The molecule has 36 heavy (non-hydrogen) atoms. The third kappa shape index (κ3) is 6.29. The molecular weight excluding hydrogens is 462 g/mol. The van der Waals surface area contributed by atoms with Gasteiger partial charge in [0, 0.05) is 6.08 Å². The van der Waals surface area contributed by atoms with Gasteiger partial charge in [-0.2, -0.15) is 0 Å². The van der Waals surface area contributed by atoms with Crippen LogP contribution >= 0.6 is 0 Å². The van der Waals surface area contributed by atoms with Crippen LogP contribution in [-0.2, 0) is 4.79 Å². The minimum atomic E-state index is -0.416. The van der Waals surface area contributed by atoms with Crippen LogP contribution in [0, 0.1) is 0 Å². The van der Waals surface area contributed by atoms with Crippen molar-refractivity contribution in [1.29, 1.82) is 0 Å². The van der Waals surface area contributed by atoms with E-state index in [1.165, 1.54) is 13.2 Å². The minimum absolute atomic E-state index is 0.175. The summed E-state index contributed by atoms with van der Waals surface area (Å²) in [7, 11) is 7.66. The van der Waals surface area contributed by atoms with Crippen molar-refractivity contribution in [2.24, 2.45) is 0 Å². The first-order valence-corrected chi connectivity index (χ1v) is 10.9. The molecule has 3 rings (SSSR count). The second-order valence-electron chi connectivity index (χ2n) is 7.51. The third-order valence-corrected chi connectivity index (χ3v) is 5.25. The van der Waals surface area contributed by atoms with E-state index < -0.39 is 5.91 Å². The number of carbonyl (C=O) groups is 1. The van der Waals surface area contributed by atoms with Crippen molar-refractivity contribution < 1.29 is 33.6 Å². The van der Waals surface area contributed by atoms with Crippen molar-refractivity contribution >= 4 is 29.8 Å². The van der Waals surface area contributed by atoms with E-state index >= 15 is 0 Å². The molecule has 0 radical (unpaired) electrons. The fourth-order valence-corrected chi connectivity index (χ4v) is 3.46. The summed E-state index contributed by atoms with van der Waals surface area (Å²) in [6.45, 7) is 0. The predicted molar refractivity (Wildman–Crippen MR) is 140 cm³/mol. The Hall–Kier alpha value is -4.59. The van der Waals surface area contributed by atoms with Crippen molar-refractivity contribution in [2.45, 2.75) is 0 Å². The summed E-state index contributed by atoms with van der Waals surface area (Å²) >= 11 is 0. The molecule has 0 spiro atoms. The number of nitrogens with one attached hydrogen (secondary N) is 1. The van der Waals surface area contributed by atoms with Crippen LogP contribution in [0.3, 0.4) is 0 Å². The summed E-state index contributed by atoms with van der Waals surface area (Å²) in [6, 6.07) is 14.2. The Morgan fingerprint density at radius 2 is 1.33 bits per heavy atom. The molecule has 3 aromatic rings. The van der Waals surface area contributed by atoms with Crippen LogP contribution in [0.2, 0.25) is 0 Å². The predicted octanol–water partition coefficient (Wildman–Crippen LogP) is 5.26. The summed E-state index contributed by atoms with van der Waals surface area (Å²) in [4.78, 5) is 12.5. The second kappa shape index (κ2) is 12.2. The number of phenols is 1. The van der Waals surface area contributed by atoms with Gasteiger partial charge in [0.2, 0.25) is 11.7 Å². The number of aromatic hydroxyl groups is 1. The van der Waals surface area contributed by atoms with Crippen LogP contribution in [-0.4, -0.2) is 46.6 Å². The average molecular weight is 492 g/mol. The zero-order valence-electron chi connectivity index (χ0n) is 20.8. The largest absolute Gasteiger partial charge is 0.503 e. The van der Waals surface area contributed by atoms with Crippen molar-refractivity contribution in [2.75, 3.05) is 40.9 Å². The molecule has 2 N–H and O–H groups in total. The monoisotopic (exact) mass is 491 g/mol. The number of carbonyl (C=O) groups excluding carboxylic acids is 1. The summed E-state index contributed by atoms with van der Waals surface area (Å²) in [5.74, 6) is 1.86. The summed E-state index contributed by atoms with van der Waals surface area (Å²) in [5, 5.41) is 13.2. The van der Waals surface area contributed by atoms with Crippen molar-refractivity contribution in [3.63, 3.8) is 0 Å². The van der Waals surface area contributed by atoms with Crippen LogP contribution in [0.4, 0.5) is 5.69 Å². The number of rotatable bonds is 10. The molecule has 0 aliphatic heterocycles. The quantitative estimate of drug-likeness (QED) is 0.227. The molecule has 0 saturated carbocycles. The van der Waals surface area contributed by atoms with Gasteiger partial charge in [-0.15, -0.1) is 0 Å². The molecule has 188 valence electrons. The molecule has 0 unspecified atom stereocenters. The van der Waals surface area contributed by atoms with E-state index in [0.29, 0.717) is 28.6 Å². The number of methoxy groups -OCH3 is 5. The molecule has 8 heteroatoms. The van der Waals surface area contributed by atoms with Gasteiger partial charge in [0.1, 0.15) is 5.75 Å². The third-order valence-electron chi connectivity index (χ3n) is 5.25. The van der Waals surface area contributed by atoms with Gasteiger partial charge < -0.3 is 34.1 Å². The molecular formula is C28H29NO7. The van der Waals surface area contributed by atoms with Crippen molar-refractivity contribution in [1.82, 2.24) is 0 Å². The van der Waals surface area contributed by atoms with Crippen LogP contribution in [0.15, 0.2) is 54.6 Å². The number of hydrogen-bond acceptors (Lipinski definition) is 7. The van der Waals surface area contributed by atoms with Gasteiger partial charge in [-0.1, -0.05) is 24.3 Å². The Balaban J connectivity index is 1.86. The number of phenolic OH excluding ortho intramolecular Hbond substituents is 1. The highest BCUT2D eigenvalue weighted by Crippen LogP contribution is 2.39. The lowest BCUT2D eigenvalue weighted by Crippen LogP contribution is -2.08. The van der Waals surface area contributed by atoms with Gasteiger partial charge >= 0.3 is 0 Å². The lowest BCUT2D eigenvalue weighted by molar-refractivity contribution is -0.111. The molecule has 0 aliphatic rings. The van der Waals surface area contributed by atoms with E-state index in [0.717, 1.165) is 11.1 Å². The van der Waals surface area contributed by atoms with E-state index in [1.54, 1.807) is 52.7 Å². The number of anilines is 1. The second-order valence-corrected chi connectivity index (χ2v) is 7.51. The molecule has 0 aliphatic carbocycles. The first-order valence-electron chi connectivity index (χ1n) is 10.9. The summed E-state index contributed by atoms with van der Waals surface area (Å²) < 4.78 is 26.7. The summed E-state index contributed by atoms with van der Waals surface area (Å²) in [5.41, 5.74) is 2.49. The number of benzene rings is 3. The van der Waals surface area contributed by atoms with Gasteiger partial charge in [-0.05, 0) is 59.2 Å². The number of hydrogen-bond donors (Lipinski definition) is 2. The Morgan fingerprint density at radius 3 is 1.92 bits per heavy atom. The highest BCUT2D eigenvalue weighted by atomic mass is 16.5. The van der Waals surface area contributed by atoms with Gasteiger partial charge in [0.05, 0.1) is 41.2 Å². The first kappa shape index (κ1) is 26.0. The van der Waals surface area contributed by atoms with Crippen LogP contribution < -0.4 is 29.0 Å². The Labute approximate surface area is 210 Å². The molecule has 3 aromatic carbocycles. The standard InChI is InChI=1S/C28H29NO7/c1-32-21-8-6-7-18(13-21)11-12-26(30)29-22-14-19(15-23(33-2)27(22)31)9-10-20-16-24(34-3)28(36-5)25(17-20)35-4/h6-17,31H,1-5H3,(H,29,30)/b10-9+,12-11+. The van der Waals surface area contributed by atoms with Crippen molar-refractivity contribution in [3.05, 3.63) is 71.3 Å². The minimum Gasteiger partial charge on any atom is -0.503 e.